The molecule has 0 saturated carbocycles. The van der Waals surface area contributed by atoms with E-state index in [2.05, 4.69) is 138 Å². The van der Waals surface area contributed by atoms with Crippen molar-refractivity contribution in [2.45, 2.75) is 0 Å². The van der Waals surface area contributed by atoms with Gasteiger partial charge in [-0.3, -0.25) is 0 Å². The molecule has 0 amide bonds. The maximum atomic E-state index is 7.66. The number of fused-ring (bicyclic) bond motifs is 9. The first-order valence-electron chi connectivity index (χ1n) is 15.2. The van der Waals surface area contributed by atoms with Crippen LogP contribution in [0, 0.1) is 6.57 Å². The smallest absolute Gasteiger partial charge is 0.194 e. The molecule has 0 spiro atoms. The summed E-state index contributed by atoms with van der Waals surface area (Å²) in [5.74, 6) is 0. The highest BCUT2D eigenvalue weighted by molar-refractivity contribution is 7.25. The normalized spacial score (nSPS) is 12.0. The van der Waals surface area contributed by atoms with Crippen molar-refractivity contribution in [1.29, 1.82) is 0 Å². The minimum absolute atomic E-state index is 0.717. The monoisotopic (exact) mass is 585 g/mol. The molecule has 2 heteroatoms. The van der Waals surface area contributed by atoms with Gasteiger partial charge in [-0.2, -0.15) is 0 Å². The standard InChI is InChI=1S/C43H23NS/c1-44-40-18-17-34-32-16-13-25(21-37(32)33-11-6-12-35(40)43(33)34)26-14-19-41-38(22-26)39-24-28(15-20-42(39)45-41)36-23-27-7-2-3-8-29(27)30-9-4-5-10-31(30)36/h2-24H. The minimum atomic E-state index is 0.717. The number of rotatable bonds is 2. The van der Waals surface area contributed by atoms with Crippen LogP contribution in [0.5, 0.6) is 0 Å². The molecular formula is C43H23NS. The van der Waals surface area contributed by atoms with Crippen LogP contribution in [-0.4, -0.2) is 0 Å². The zero-order valence-electron chi connectivity index (χ0n) is 24.1. The highest BCUT2D eigenvalue weighted by Crippen LogP contribution is 2.50. The van der Waals surface area contributed by atoms with Crippen molar-refractivity contribution in [2.75, 3.05) is 0 Å². The Balaban J connectivity index is 1.14. The molecule has 9 aromatic rings. The average Bonchev–Trinajstić information content (AvgIpc) is 3.63. The number of nitrogens with zero attached hydrogens (tertiary/aromatic N) is 1. The Morgan fingerprint density at radius 1 is 0.400 bits per heavy atom. The van der Waals surface area contributed by atoms with E-state index in [4.69, 9.17) is 6.57 Å². The third-order valence-corrected chi connectivity index (χ3v) is 10.8. The lowest BCUT2D eigenvalue weighted by Crippen LogP contribution is -1.84. The number of thiophene rings is 1. The lowest BCUT2D eigenvalue weighted by Gasteiger charge is -2.11. The Kier molecular flexibility index (Phi) is 5.00. The summed E-state index contributed by atoms with van der Waals surface area (Å²) < 4.78 is 2.61. The molecule has 1 aliphatic rings. The van der Waals surface area contributed by atoms with E-state index >= 15 is 0 Å². The van der Waals surface area contributed by atoms with Gasteiger partial charge in [-0.25, -0.2) is 4.85 Å². The molecule has 0 fully saturated rings. The summed E-state index contributed by atoms with van der Waals surface area (Å²) in [5.41, 5.74) is 10.6. The number of benzene rings is 8. The topological polar surface area (TPSA) is 4.36 Å². The van der Waals surface area contributed by atoms with E-state index in [-0.39, 0.29) is 0 Å². The van der Waals surface area contributed by atoms with E-state index in [1.165, 1.54) is 91.6 Å². The van der Waals surface area contributed by atoms with Gasteiger partial charge >= 0.3 is 0 Å². The molecule has 0 radical (unpaired) electrons. The van der Waals surface area contributed by atoms with Crippen molar-refractivity contribution >= 4 is 69.5 Å². The summed E-state index contributed by atoms with van der Waals surface area (Å²) in [4.78, 5) is 3.79. The molecule has 1 aliphatic carbocycles. The van der Waals surface area contributed by atoms with Crippen LogP contribution in [-0.2, 0) is 0 Å². The van der Waals surface area contributed by atoms with Gasteiger partial charge in [-0.05, 0) is 113 Å². The number of hydrogen-bond donors (Lipinski definition) is 0. The van der Waals surface area contributed by atoms with Gasteiger partial charge in [0.15, 0.2) is 5.69 Å². The predicted molar refractivity (Wildman–Crippen MR) is 193 cm³/mol. The van der Waals surface area contributed by atoms with Crippen LogP contribution in [0.1, 0.15) is 0 Å². The average molecular weight is 586 g/mol. The molecule has 0 saturated heterocycles. The maximum Gasteiger partial charge on any atom is 0.194 e. The molecule has 8 aromatic carbocycles. The summed E-state index contributed by atoms with van der Waals surface area (Å²) in [5, 5.41) is 9.98. The molecule has 0 bridgehead atoms. The second kappa shape index (κ2) is 9.13. The van der Waals surface area contributed by atoms with Crippen molar-refractivity contribution in [3.8, 4) is 44.5 Å². The van der Waals surface area contributed by atoms with Crippen molar-refractivity contribution < 1.29 is 0 Å². The van der Waals surface area contributed by atoms with Crippen LogP contribution in [0.3, 0.4) is 0 Å². The Hall–Kier alpha value is -5.75. The van der Waals surface area contributed by atoms with Gasteiger partial charge in [-0.15, -0.1) is 11.3 Å². The molecule has 0 unspecified atom stereocenters. The molecule has 0 atom stereocenters. The molecular weight excluding hydrogens is 563 g/mol. The van der Waals surface area contributed by atoms with Gasteiger partial charge in [0.1, 0.15) is 0 Å². The van der Waals surface area contributed by atoms with Gasteiger partial charge in [-0.1, -0.05) is 103 Å². The third kappa shape index (κ3) is 3.48. The van der Waals surface area contributed by atoms with Crippen molar-refractivity contribution in [3.05, 3.63) is 151 Å². The van der Waals surface area contributed by atoms with Gasteiger partial charge in [0, 0.05) is 20.2 Å². The quantitative estimate of drug-likeness (QED) is 0.140. The van der Waals surface area contributed by atoms with E-state index in [1.807, 2.05) is 17.4 Å². The summed E-state index contributed by atoms with van der Waals surface area (Å²) in [6.07, 6.45) is 0. The summed E-state index contributed by atoms with van der Waals surface area (Å²) in [7, 11) is 0. The van der Waals surface area contributed by atoms with Crippen LogP contribution >= 0.6 is 11.3 Å². The molecule has 10 rings (SSSR count). The summed E-state index contributed by atoms with van der Waals surface area (Å²) in [6, 6.07) is 51.0. The van der Waals surface area contributed by atoms with Crippen LogP contribution in [0.2, 0.25) is 0 Å². The van der Waals surface area contributed by atoms with Crippen molar-refractivity contribution in [3.63, 3.8) is 0 Å². The van der Waals surface area contributed by atoms with Gasteiger partial charge in [0.2, 0.25) is 0 Å². The largest absolute Gasteiger partial charge is 0.238 e. The maximum absolute atomic E-state index is 7.66. The molecule has 45 heavy (non-hydrogen) atoms. The van der Waals surface area contributed by atoms with E-state index in [9.17, 15) is 0 Å². The molecule has 206 valence electrons. The summed E-state index contributed by atoms with van der Waals surface area (Å²) in [6.45, 7) is 7.66. The fourth-order valence-electron chi connectivity index (χ4n) is 7.54. The van der Waals surface area contributed by atoms with E-state index in [1.54, 1.807) is 0 Å². The van der Waals surface area contributed by atoms with Crippen molar-refractivity contribution in [1.82, 2.24) is 0 Å². The van der Waals surface area contributed by atoms with Gasteiger partial charge < -0.3 is 0 Å². The molecule has 1 nitrogen and oxygen atoms in total. The minimum Gasteiger partial charge on any atom is -0.238 e. The van der Waals surface area contributed by atoms with E-state index < -0.39 is 0 Å². The van der Waals surface area contributed by atoms with Gasteiger partial charge in [0.25, 0.3) is 0 Å². The summed E-state index contributed by atoms with van der Waals surface area (Å²) >= 11 is 1.86. The Morgan fingerprint density at radius 2 is 1.04 bits per heavy atom. The Morgan fingerprint density at radius 3 is 1.89 bits per heavy atom. The van der Waals surface area contributed by atoms with Gasteiger partial charge in [0.05, 0.1) is 6.57 Å². The fourth-order valence-corrected chi connectivity index (χ4v) is 8.60. The van der Waals surface area contributed by atoms with Crippen LogP contribution in [0.4, 0.5) is 5.69 Å². The predicted octanol–water partition coefficient (Wildman–Crippen LogP) is 13.0. The first-order chi connectivity index (χ1) is 22.2. The Labute approximate surface area is 264 Å². The zero-order chi connectivity index (χ0) is 29.6. The first-order valence-corrected chi connectivity index (χ1v) is 16.0. The molecule has 1 heterocycles. The Bertz CT molecular complexity index is 2770. The molecule has 0 N–H and O–H groups in total. The fraction of sp³-hybridized carbons (Fsp3) is 0. The van der Waals surface area contributed by atoms with E-state index in [0.29, 0.717) is 0 Å². The second-order valence-electron chi connectivity index (χ2n) is 11.9. The highest BCUT2D eigenvalue weighted by Gasteiger charge is 2.23. The zero-order valence-corrected chi connectivity index (χ0v) is 25.0. The van der Waals surface area contributed by atoms with E-state index in [0.717, 1.165) is 11.1 Å². The number of hydrogen-bond acceptors (Lipinski definition) is 1. The first kappa shape index (κ1) is 24.7. The molecule has 0 aliphatic heterocycles. The van der Waals surface area contributed by atoms with Crippen LogP contribution in [0.15, 0.2) is 140 Å². The lowest BCUT2D eigenvalue weighted by molar-refractivity contribution is 1.65. The molecule has 1 aromatic heterocycles. The van der Waals surface area contributed by atoms with Crippen molar-refractivity contribution in [2.24, 2.45) is 0 Å². The van der Waals surface area contributed by atoms with Crippen LogP contribution in [0.25, 0.3) is 102 Å². The SMILES string of the molecule is [C-]#[N+]c1ccc2c3c(cccc13)-c1cc(-c3ccc4sc5ccc(-c6cc7ccccc7c7ccccc67)cc5c4c3)ccc1-2. The van der Waals surface area contributed by atoms with Crippen LogP contribution < -0.4 is 0 Å². The lowest BCUT2D eigenvalue weighted by atomic mass is 9.92. The second-order valence-corrected chi connectivity index (χ2v) is 13.0. The highest BCUT2D eigenvalue weighted by atomic mass is 32.1. The third-order valence-electron chi connectivity index (χ3n) is 9.62.